The molecule has 0 fully saturated rings. The number of carbonyl (C=O) groups excluding carboxylic acids is 1. The van der Waals surface area contributed by atoms with E-state index in [1.54, 1.807) is 0 Å². The molecule has 24 heavy (non-hydrogen) atoms. The third-order valence-electron chi connectivity index (χ3n) is 3.00. The zero-order valence-corrected chi connectivity index (χ0v) is 12.4. The largest absolute Gasteiger partial charge is 0.492 e. The van der Waals surface area contributed by atoms with Crippen LogP contribution in [0, 0.1) is 11.3 Å². The number of alkyl halides is 3. The number of nitriles is 1. The Labute approximate surface area is 135 Å². The molecular formula is C15H13F3N4O2. The van der Waals surface area contributed by atoms with Gasteiger partial charge >= 0.3 is 6.18 Å². The zero-order chi connectivity index (χ0) is 17.6. The number of halogens is 3. The van der Waals surface area contributed by atoms with Crippen LogP contribution >= 0.6 is 0 Å². The molecule has 0 spiro atoms. The van der Waals surface area contributed by atoms with Crippen LogP contribution in [0.5, 0.6) is 5.75 Å². The standard InChI is InChI=1S/C15H13F3N4O2/c16-15(17,18)11-1-3-12(4-2-11)24-8-6-21-14(23)10-22-7-5-20-13(22)9-19/h1-5,7H,6,8,10H2,(H,21,23). The fourth-order valence-electron chi connectivity index (χ4n) is 1.86. The summed E-state index contributed by atoms with van der Waals surface area (Å²) in [5, 5.41) is 11.4. The molecule has 0 radical (unpaired) electrons. The van der Waals surface area contributed by atoms with Gasteiger partial charge in [-0.05, 0) is 24.3 Å². The van der Waals surface area contributed by atoms with Crippen LogP contribution in [0.4, 0.5) is 13.2 Å². The van der Waals surface area contributed by atoms with Gasteiger partial charge in [-0.25, -0.2) is 4.98 Å². The second-order valence-electron chi connectivity index (χ2n) is 4.71. The Bertz CT molecular complexity index is 732. The molecule has 0 atom stereocenters. The predicted molar refractivity (Wildman–Crippen MR) is 76.9 cm³/mol. The van der Waals surface area contributed by atoms with E-state index in [9.17, 15) is 18.0 Å². The Kier molecular flexibility index (Phi) is 5.42. The van der Waals surface area contributed by atoms with Crippen molar-refractivity contribution in [1.29, 1.82) is 5.26 Å². The van der Waals surface area contributed by atoms with Crippen molar-refractivity contribution in [2.45, 2.75) is 12.7 Å². The molecule has 0 saturated carbocycles. The lowest BCUT2D eigenvalue weighted by Crippen LogP contribution is -2.31. The molecule has 126 valence electrons. The summed E-state index contributed by atoms with van der Waals surface area (Å²) in [6.07, 6.45) is -1.46. The highest BCUT2D eigenvalue weighted by atomic mass is 19.4. The fraction of sp³-hybridized carbons (Fsp3) is 0.267. The molecular weight excluding hydrogens is 325 g/mol. The average molecular weight is 338 g/mol. The molecule has 2 rings (SSSR count). The Morgan fingerprint density at radius 1 is 1.33 bits per heavy atom. The topological polar surface area (TPSA) is 79.9 Å². The number of amides is 1. The maximum atomic E-state index is 12.4. The molecule has 1 aromatic carbocycles. The van der Waals surface area contributed by atoms with Crippen LogP contribution in [-0.4, -0.2) is 28.6 Å². The van der Waals surface area contributed by atoms with Crippen molar-refractivity contribution in [2.24, 2.45) is 0 Å². The first-order chi connectivity index (χ1) is 11.4. The first-order valence-electron chi connectivity index (χ1n) is 6.88. The van der Waals surface area contributed by atoms with Gasteiger partial charge in [-0.15, -0.1) is 0 Å². The first kappa shape index (κ1) is 17.3. The number of imidazole rings is 1. The number of hydrogen-bond donors (Lipinski definition) is 1. The van der Waals surface area contributed by atoms with Crippen LogP contribution in [0.1, 0.15) is 11.4 Å². The van der Waals surface area contributed by atoms with E-state index >= 15 is 0 Å². The number of ether oxygens (including phenoxy) is 1. The first-order valence-corrected chi connectivity index (χ1v) is 6.88. The normalized spacial score (nSPS) is 10.9. The highest BCUT2D eigenvalue weighted by Crippen LogP contribution is 2.30. The molecule has 0 aliphatic rings. The molecule has 9 heteroatoms. The smallest absolute Gasteiger partial charge is 0.416 e. The summed E-state index contributed by atoms with van der Waals surface area (Å²) in [6, 6.07) is 6.14. The van der Waals surface area contributed by atoms with E-state index in [0.717, 1.165) is 12.1 Å². The van der Waals surface area contributed by atoms with Crippen LogP contribution in [0.2, 0.25) is 0 Å². The minimum atomic E-state index is -4.39. The molecule has 1 aromatic heterocycles. The number of nitrogens with zero attached hydrogens (tertiary/aromatic N) is 3. The van der Waals surface area contributed by atoms with E-state index in [2.05, 4.69) is 10.3 Å². The summed E-state index contributed by atoms with van der Waals surface area (Å²) in [4.78, 5) is 15.5. The lowest BCUT2D eigenvalue weighted by atomic mass is 10.2. The Morgan fingerprint density at radius 3 is 2.67 bits per heavy atom. The van der Waals surface area contributed by atoms with Gasteiger partial charge in [-0.2, -0.15) is 18.4 Å². The van der Waals surface area contributed by atoms with Crippen LogP contribution in [0.25, 0.3) is 0 Å². The Hall–Kier alpha value is -3.02. The molecule has 0 aliphatic heterocycles. The van der Waals surface area contributed by atoms with Crippen LogP contribution in [-0.2, 0) is 17.5 Å². The molecule has 0 aliphatic carbocycles. The number of aromatic nitrogens is 2. The average Bonchev–Trinajstić information content (AvgIpc) is 2.98. The van der Waals surface area contributed by atoms with Gasteiger partial charge in [-0.3, -0.25) is 4.79 Å². The van der Waals surface area contributed by atoms with E-state index in [4.69, 9.17) is 10.00 Å². The Balaban J connectivity index is 1.73. The number of hydrogen-bond acceptors (Lipinski definition) is 4. The maximum Gasteiger partial charge on any atom is 0.416 e. The fourth-order valence-corrected chi connectivity index (χ4v) is 1.86. The van der Waals surface area contributed by atoms with E-state index in [-0.39, 0.29) is 37.2 Å². The lowest BCUT2D eigenvalue weighted by Gasteiger charge is -2.10. The molecule has 0 unspecified atom stereocenters. The zero-order valence-electron chi connectivity index (χ0n) is 12.4. The van der Waals surface area contributed by atoms with Crippen molar-refractivity contribution >= 4 is 5.91 Å². The molecule has 6 nitrogen and oxygen atoms in total. The highest BCUT2D eigenvalue weighted by Gasteiger charge is 2.29. The number of benzene rings is 1. The summed E-state index contributed by atoms with van der Waals surface area (Å²) < 4.78 is 43.9. The summed E-state index contributed by atoms with van der Waals surface area (Å²) >= 11 is 0. The van der Waals surface area contributed by atoms with Gasteiger partial charge in [0.05, 0.1) is 12.1 Å². The molecule has 1 amide bonds. The molecule has 2 aromatic rings. The molecule has 0 bridgehead atoms. The van der Waals surface area contributed by atoms with Crippen molar-refractivity contribution in [3.63, 3.8) is 0 Å². The van der Waals surface area contributed by atoms with Gasteiger partial charge < -0.3 is 14.6 Å². The maximum absolute atomic E-state index is 12.4. The molecule has 1 heterocycles. The van der Waals surface area contributed by atoms with Gasteiger partial charge in [0, 0.05) is 12.4 Å². The summed E-state index contributed by atoms with van der Waals surface area (Å²) in [7, 11) is 0. The summed E-state index contributed by atoms with van der Waals surface area (Å²) in [5.41, 5.74) is -0.753. The van der Waals surface area contributed by atoms with E-state index in [1.807, 2.05) is 6.07 Å². The minimum absolute atomic E-state index is 0.0524. The third-order valence-corrected chi connectivity index (χ3v) is 3.00. The molecule has 1 N–H and O–H groups in total. The van der Waals surface area contributed by atoms with Crippen LogP contribution in [0.15, 0.2) is 36.7 Å². The van der Waals surface area contributed by atoms with Crippen molar-refractivity contribution in [1.82, 2.24) is 14.9 Å². The predicted octanol–water partition coefficient (Wildman–Crippen LogP) is 1.97. The second kappa shape index (κ2) is 7.50. The van der Waals surface area contributed by atoms with Crippen LogP contribution < -0.4 is 10.1 Å². The monoisotopic (exact) mass is 338 g/mol. The Morgan fingerprint density at radius 2 is 2.04 bits per heavy atom. The quantitative estimate of drug-likeness (QED) is 0.817. The number of carbonyl (C=O) groups is 1. The number of nitrogens with one attached hydrogen (secondary N) is 1. The highest BCUT2D eigenvalue weighted by molar-refractivity contribution is 5.75. The van der Waals surface area contributed by atoms with Crippen molar-refractivity contribution < 1.29 is 22.7 Å². The van der Waals surface area contributed by atoms with Gasteiger partial charge in [0.25, 0.3) is 0 Å². The lowest BCUT2D eigenvalue weighted by molar-refractivity contribution is -0.137. The van der Waals surface area contributed by atoms with E-state index in [1.165, 1.54) is 29.1 Å². The van der Waals surface area contributed by atoms with Crippen LogP contribution in [0.3, 0.4) is 0 Å². The van der Waals surface area contributed by atoms with Crippen molar-refractivity contribution in [2.75, 3.05) is 13.2 Å². The van der Waals surface area contributed by atoms with Crippen molar-refractivity contribution in [3.05, 3.63) is 48.0 Å². The van der Waals surface area contributed by atoms with Gasteiger partial charge in [-0.1, -0.05) is 0 Å². The van der Waals surface area contributed by atoms with Gasteiger partial charge in [0.2, 0.25) is 11.7 Å². The second-order valence-corrected chi connectivity index (χ2v) is 4.71. The van der Waals surface area contributed by atoms with Crippen molar-refractivity contribution in [3.8, 4) is 11.8 Å². The number of rotatable bonds is 6. The molecule has 0 saturated heterocycles. The summed E-state index contributed by atoms with van der Waals surface area (Å²) in [5.74, 6) is 0.0744. The van der Waals surface area contributed by atoms with Gasteiger partial charge in [0.15, 0.2) is 0 Å². The third kappa shape index (κ3) is 4.74. The summed E-state index contributed by atoms with van der Waals surface area (Å²) in [6.45, 7) is 0.228. The van der Waals surface area contributed by atoms with E-state index < -0.39 is 11.7 Å². The van der Waals surface area contributed by atoms with Gasteiger partial charge in [0.1, 0.15) is 25.0 Å². The van der Waals surface area contributed by atoms with E-state index in [0.29, 0.717) is 0 Å². The SMILES string of the molecule is N#Cc1nccn1CC(=O)NCCOc1ccc(C(F)(F)F)cc1. The minimum Gasteiger partial charge on any atom is -0.492 e.